The summed E-state index contributed by atoms with van der Waals surface area (Å²) in [5.41, 5.74) is 6.87. The topological polar surface area (TPSA) is 76.3 Å². The number of nitrogen functional groups attached to an aromatic ring is 1. The van der Waals surface area contributed by atoms with Crippen molar-refractivity contribution < 1.29 is 4.74 Å². The number of nitrogens with one attached hydrogen (secondary N) is 1. The Labute approximate surface area is 119 Å². The van der Waals surface area contributed by atoms with Gasteiger partial charge in [-0.25, -0.2) is 9.97 Å². The van der Waals surface area contributed by atoms with Crippen LogP contribution in [0.1, 0.15) is 25.3 Å². The highest BCUT2D eigenvalue weighted by molar-refractivity contribution is 5.54. The zero-order chi connectivity index (χ0) is 13.9. The molecule has 0 saturated carbocycles. The second-order valence-electron chi connectivity index (χ2n) is 5.57. The number of hydrogen-bond donors (Lipinski definition) is 2. The molecule has 2 atom stereocenters. The van der Waals surface area contributed by atoms with E-state index < -0.39 is 0 Å². The van der Waals surface area contributed by atoms with E-state index in [1.807, 2.05) is 0 Å². The maximum absolute atomic E-state index is 5.94. The van der Waals surface area contributed by atoms with Gasteiger partial charge < -0.3 is 15.8 Å². The highest BCUT2D eigenvalue weighted by Crippen LogP contribution is 2.23. The van der Waals surface area contributed by atoms with E-state index in [2.05, 4.69) is 27.1 Å². The standard InChI is InChI=1S/C14H23N5O/c1-2-12-13(15)17-9-18-14(12)16-6-11-7-19-5-3-4-10(19)8-20-11/h9-11H,2-8H2,1H3,(H3,15,16,17,18). The fourth-order valence-electron chi connectivity index (χ4n) is 3.15. The molecule has 6 heteroatoms. The Kier molecular flexibility index (Phi) is 4.03. The molecule has 0 amide bonds. The first-order valence-electron chi connectivity index (χ1n) is 7.46. The summed E-state index contributed by atoms with van der Waals surface area (Å²) in [5.74, 6) is 1.40. The number of nitrogens with zero attached hydrogens (tertiary/aromatic N) is 3. The second-order valence-corrected chi connectivity index (χ2v) is 5.57. The van der Waals surface area contributed by atoms with Gasteiger partial charge in [-0.05, 0) is 25.8 Å². The van der Waals surface area contributed by atoms with Gasteiger partial charge in [-0.2, -0.15) is 0 Å². The zero-order valence-corrected chi connectivity index (χ0v) is 12.0. The van der Waals surface area contributed by atoms with Gasteiger partial charge in [0.1, 0.15) is 18.0 Å². The van der Waals surface area contributed by atoms with Gasteiger partial charge in [-0.15, -0.1) is 0 Å². The fourth-order valence-corrected chi connectivity index (χ4v) is 3.15. The molecular formula is C14H23N5O. The summed E-state index contributed by atoms with van der Waals surface area (Å²) in [4.78, 5) is 10.9. The van der Waals surface area contributed by atoms with Crippen molar-refractivity contribution in [2.75, 3.05) is 37.3 Å². The van der Waals surface area contributed by atoms with Crippen LogP contribution < -0.4 is 11.1 Å². The van der Waals surface area contributed by atoms with Crippen molar-refractivity contribution in [1.29, 1.82) is 0 Å². The molecule has 0 aromatic carbocycles. The Balaban J connectivity index is 1.58. The van der Waals surface area contributed by atoms with Gasteiger partial charge in [0.05, 0.1) is 12.7 Å². The third-order valence-corrected chi connectivity index (χ3v) is 4.29. The Morgan fingerprint density at radius 1 is 1.50 bits per heavy atom. The van der Waals surface area contributed by atoms with Gasteiger partial charge >= 0.3 is 0 Å². The molecule has 2 fully saturated rings. The van der Waals surface area contributed by atoms with Crippen LogP contribution in [0.15, 0.2) is 6.33 Å². The zero-order valence-electron chi connectivity index (χ0n) is 12.0. The Morgan fingerprint density at radius 3 is 3.25 bits per heavy atom. The van der Waals surface area contributed by atoms with Crippen LogP contribution in [0.2, 0.25) is 0 Å². The van der Waals surface area contributed by atoms with Crippen molar-refractivity contribution in [2.45, 2.75) is 38.3 Å². The molecular weight excluding hydrogens is 254 g/mol. The van der Waals surface area contributed by atoms with E-state index in [4.69, 9.17) is 10.5 Å². The van der Waals surface area contributed by atoms with Crippen LogP contribution in [-0.4, -0.2) is 53.3 Å². The van der Waals surface area contributed by atoms with Crippen molar-refractivity contribution in [3.63, 3.8) is 0 Å². The van der Waals surface area contributed by atoms with E-state index in [0.717, 1.165) is 37.5 Å². The van der Waals surface area contributed by atoms with Crippen LogP contribution in [0.4, 0.5) is 11.6 Å². The summed E-state index contributed by atoms with van der Waals surface area (Å²) in [6, 6.07) is 0.646. The molecule has 2 saturated heterocycles. The molecule has 2 aliphatic heterocycles. The van der Waals surface area contributed by atoms with Gasteiger partial charge in [-0.3, -0.25) is 4.90 Å². The second kappa shape index (κ2) is 5.93. The molecule has 2 unspecified atom stereocenters. The summed E-state index contributed by atoms with van der Waals surface area (Å²) in [6.45, 7) is 5.92. The SMILES string of the molecule is CCc1c(N)ncnc1NCC1CN2CCCC2CO1. The van der Waals surface area contributed by atoms with E-state index in [1.165, 1.54) is 25.7 Å². The monoisotopic (exact) mass is 277 g/mol. The molecule has 20 heavy (non-hydrogen) atoms. The molecule has 3 rings (SSSR count). The number of hydrogen-bond acceptors (Lipinski definition) is 6. The van der Waals surface area contributed by atoms with E-state index in [0.29, 0.717) is 11.9 Å². The molecule has 6 nitrogen and oxygen atoms in total. The van der Waals surface area contributed by atoms with Crippen LogP contribution in [0.25, 0.3) is 0 Å². The van der Waals surface area contributed by atoms with Crippen molar-refractivity contribution in [3.8, 4) is 0 Å². The molecule has 1 aromatic rings. The lowest BCUT2D eigenvalue weighted by Crippen LogP contribution is -2.48. The number of anilines is 2. The van der Waals surface area contributed by atoms with E-state index >= 15 is 0 Å². The number of ether oxygens (including phenoxy) is 1. The van der Waals surface area contributed by atoms with Crippen molar-refractivity contribution in [2.24, 2.45) is 0 Å². The van der Waals surface area contributed by atoms with Crippen LogP contribution in [0.3, 0.4) is 0 Å². The maximum atomic E-state index is 5.94. The molecule has 0 radical (unpaired) electrons. The van der Waals surface area contributed by atoms with E-state index in [9.17, 15) is 0 Å². The van der Waals surface area contributed by atoms with Crippen LogP contribution in [-0.2, 0) is 11.2 Å². The fraction of sp³-hybridized carbons (Fsp3) is 0.714. The average molecular weight is 277 g/mol. The van der Waals surface area contributed by atoms with Gasteiger partial charge in [0.2, 0.25) is 0 Å². The first-order valence-corrected chi connectivity index (χ1v) is 7.46. The van der Waals surface area contributed by atoms with Crippen molar-refractivity contribution >= 4 is 11.6 Å². The molecule has 3 heterocycles. The minimum absolute atomic E-state index is 0.227. The quantitative estimate of drug-likeness (QED) is 0.851. The Hall–Kier alpha value is -1.40. The normalized spacial score (nSPS) is 26.4. The third kappa shape index (κ3) is 2.71. The summed E-state index contributed by atoms with van der Waals surface area (Å²) < 4.78 is 5.94. The van der Waals surface area contributed by atoms with Crippen LogP contribution in [0.5, 0.6) is 0 Å². The molecule has 0 aliphatic carbocycles. The number of fused-ring (bicyclic) bond motifs is 1. The lowest BCUT2D eigenvalue weighted by atomic mass is 10.2. The molecule has 0 spiro atoms. The van der Waals surface area contributed by atoms with Gasteiger partial charge in [-0.1, -0.05) is 6.92 Å². The van der Waals surface area contributed by atoms with Crippen LogP contribution in [0, 0.1) is 0 Å². The number of aromatic nitrogens is 2. The summed E-state index contributed by atoms with van der Waals surface area (Å²) in [6.07, 6.45) is 5.15. The van der Waals surface area contributed by atoms with Crippen molar-refractivity contribution in [3.05, 3.63) is 11.9 Å². The summed E-state index contributed by atoms with van der Waals surface area (Å²) in [5, 5.41) is 3.37. The smallest absolute Gasteiger partial charge is 0.134 e. The highest BCUT2D eigenvalue weighted by Gasteiger charge is 2.32. The number of rotatable bonds is 4. The highest BCUT2D eigenvalue weighted by atomic mass is 16.5. The number of morpholine rings is 1. The first kappa shape index (κ1) is 13.6. The van der Waals surface area contributed by atoms with E-state index in [1.54, 1.807) is 0 Å². The Morgan fingerprint density at radius 2 is 2.40 bits per heavy atom. The maximum Gasteiger partial charge on any atom is 0.134 e. The minimum Gasteiger partial charge on any atom is -0.383 e. The van der Waals surface area contributed by atoms with Gasteiger partial charge in [0, 0.05) is 24.7 Å². The largest absolute Gasteiger partial charge is 0.383 e. The average Bonchev–Trinajstić information content (AvgIpc) is 2.92. The molecule has 1 aromatic heterocycles. The Bertz CT molecular complexity index is 467. The lowest BCUT2D eigenvalue weighted by molar-refractivity contribution is -0.0416. The van der Waals surface area contributed by atoms with Crippen molar-refractivity contribution in [1.82, 2.24) is 14.9 Å². The predicted molar refractivity (Wildman–Crippen MR) is 78.6 cm³/mol. The number of nitrogens with two attached hydrogens (primary N) is 1. The first-order chi connectivity index (χ1) is 9.78. The lowest BCUT2D eigenvalue weighted by Gasteiger charge is -2.35. The molecule has 0 bridgehead atoms. The predicted octanol–water partition coefficient (Wildman–Crippen LogP) is 0.896. The molecule has 110 valence electrons. The van der Waals surface area contributed by atoms with Gasteiger partial charge in [0.15, 0.2) is 0 Å². The molecule has 2 aliphatic rings. The van der Waals surface area contributed by atoms with Crippen LogP contribution >= 0.6 is 0 Å². The summed E-state index contributed by atoms with van der Waals surface area (Å²) in [7, 11) is 0. The van der Waals surface area contributed by atoms with Gasteiger partial charge in [0.25, 0.3) is 0 Å². The third-order valence-electron chi connectivity index (χ3n) is 4.29. The van der Waals surface area contributed by atoms with E-state index in [-0.39, 0.29) is 6.10 Å². The minimum atomic E-state index is 0.227. The molecule has 3 N–H and O–H groups in total. The summed E-state index contributed by atoms with van der Waals surface area (Å²) >= 11 is 0.